The summed E-state index contributed by atoms with van der Waals surface area (Å²) in [5.74, 6) is -0.288. The van der Waals surface area contributed by atoms with Crippen LogP contribution in [0.5, 0.6) is 0 Å². The number of hydrogen-bond acceptors (Lipinski definition) is 5. The molecule has 0 spiro atoms. The summed E-state index contributed by atoms with van der Waals surface area (Å²) in [6, 6.07) is 6.54. The summed E-state index contributed by atoms with van der Waals surface area (Å²) in [6.07, 6.45) is 1.20. The minimum absolute atomic E-state index is 0.0678. The lowest BCUT2D eigenvalue weighted by Gasteiger charge is -2.06. The molecule has 1 N–H and O–H groups in total. The van der Waals surface area contributed by atoms with Crippen molar-refractivity contribution in [3.8, 4) is 0 Å². The molecule has 0 bridgehead atoms. The highest BCUT2D eigenvalue weighted by atomic mass is 16.6. The van der Waals surface area contributed by atoms with Crippen molar-refractivity contribution in [1.82, 2.24) is 9.78 Å². The summed E-state index contributed by atoms with van der Waals surface area (Å²) in [5, 5.41) is 17.8. The second-order valence-electron chi connectivity index (χ2n) is 5.73. The average Bonchev–Trinajstić information content (AvgIpc) is 2.82. The number of carbonyl (C=O) groups excluding carboxylic acids is 2. The Morgan fingerprint density at radius 3 is 2.40 bits per heavy atom. The van der Waals surface area contributed by atoms with Gasteiger partial charge in [-0.1, -0.05) is 6.92 Å². The van der Waals surface area contributed by atoms with Crippen molar-refractivity contribution >= 4 is 23.1 Å². The van der Waals surface area contributed by atoms with Crippen LogP contribution in [-0.2, 0) is 11.3 Å². The largest absolute Gasteiger partial charge is 0.326 e. The minimum Gasteiger partial charge on any atom is -0.326 e. The number of amides is 1. The van der Waals surface area contributed by atoms with Gasteiger partial charge in [-0.2, -0.15) is 5.10 Å². The predicted molar refractivity (Wildman–Crippen MR) is 92.7 cm³/mol. The molecule has 0 aliphatic rings. The first-order valence-corrected chi connectivity index (χ1v) is 7.95. The third-order valence-corrected chi connectivity index (χ3v) is 3.79. The van der Waals surface area contributed by atoms with E-state index in [-0.39, 0.29) is 29.6 Å². The number of aryl methyl sites for hydroxylation is 1. The van der Waals surface area contributed by atoms with E-state index in [9.17, 15) is 19.7 Å². The second kappa shape index (κ2) is 7.69. The normalized spacial score (nSPS) is 10.5. The van der Waals surface area contributed by atoms with Gasteiger partial charge in [0, 0.05) is 17.7 Å². The van der Waals surface area contributed by atoms with Gasteiger partial charge in [0.1, 0.15) is 17.9 Å². The molecule has 0 unspecified atom stereocenters. The van der Waals surface area contributed by atoms with Crippen LogP contribution >= 0.6 is 0 Å². The van der Waals surface area contributed by atoms with Crippen molar-refractivity contribution in [2.24, 2.45) is 0 Å². The number of hydrogen-bond donors (Lipinski definition) is 1. The summed E-state index contributed by atoms with van der Waals surface area (Å²) in [6.45, 7) is 4.95. The SMILES string of the molecule is CCCC(=O)Nc1ccc(C(=O)Cn2nc(C)c([N+](=O)[O-])c2C)cc1. The van der Waals surface area contributed by atoms with Crippen molar-refractivity contribution < 1.29 is 14.5 Å². The van der Waals surface area contributed by atoms with Gasteiger partial charge in [-0.05, 0) is 44.5 Å². The fourth-order valence-electron chi connectivity index (χ4n) is 2.52. The molecule has 8 heteroatoms. The Morgan fingerprint density at radius 2 is 1.88 bits per heavy atom. The maximum Gasteiger partial charge on any atom is 0.312 e. The molecule has 0 saturated heterocycles. The van der Waals surface area contributed by atoms with Gasteiger partial charge in [0.25, 0.3) is 0 Å². The molecule has 1 amide bonds. The molecular formula is C17H20N4O4. The van der Waals surface area contributed by atoms with Crippen LogP contribution in [0.4, 0.5) is 11.4 Å². The number of benzene rings is 1. The summed E-state index contributed by atoms with van der Waals surface area (Å²) < 4.78 is 1.34. The quantitative estimate of drug-likeness (QED) is 0.472. The first kappa shape index (κ1) is 18.3. The van der Waals surface area contributed by atoms with E-state index in [4.69, 9.17) is 0 Å². The molecule has 1 heterocycles. The summed E-state index contributed by atoms with van der Waals surface area (Å²) in [7, 11) is 0. The highest BCUT2D eigenvalue weighted by Crippen LogP contribution is 2.22. The van der Waals surface area contributed by atoms with Gasteiger partial charge in [-0.15, -0.1) is 0 Å². The molecule has 25 heavy (non-hydrogen) atoms. The molecular weight excluding hydrogens is 324 g/mol. The maximum absolute atomic E-state index is 12.4. The topological polar surface area (TPSA) is 107 Å². The van der Waals surface area contributed by atoms with Gasteiger partial charge >= 0.3 is 5.69 Å². The Labute approximate surface area is 145 Å². The van der Waals surface area contributed by atoms with Crippen LogP contribution in [0.15, 0.2) is 24.3 Å². The molecule has 132 valence electrons. The number of Topliss-reactive ketones (excluding diaryl/α,β-unsaturated/α-hetero) is 1. The van der Waals surface area contributed by atoms with E-state index in [1.807, 2.05) is 6.92 Å². The van der Waals surface area contributed by atoms with E-state index in [1.165, 1.54) is 4.68 Å². The Hall–Kier alpha value is -3.03. The molecule has 0 fully saturated rings. The van der Waals surface area contributed by atoms with Gasteiger partial charge < -0.3 is 5.32 Å². The molecule has 0 aliphatic heterocycles. The number of nitrogens with zero attached hydrogens (tertiary/aromatic N) is 3. The Balaban J connectivity index is 2.10. The van der Waals surface area contributed by atoms with Gasteiger partial charge in [0.2, 0.25) is 5.91 Å². The summed E-state index contributed by atoms with van der Waals surface area (Å²) in [4.78, 5) is 34.5. The van der Waals surface area contributed by atoms with E-state index in [1.54, 1.807) is 38.1 Å². The van der Waals surface area contributed by atoms with Crippen molar-refractivity contribution in [3.05, 3.63) is 51.3 Å². The van der Waals surface area contributed by atoms with Crippen LogP contribution in [-0.4, -0.2) is 26.4 Å². The molecule has 0 radical (unpaired) electrons. The standard InChI is InChI=1S/C17H20N4O4/c1-4-5-16(23)18-14-8-6-13(7-9-14)15(22)10-20-12(3)17(21(24)25)11(2)19-20/h6-9H,4-5,10H2,1-3H3,(H,18,23). The summed E-state index contributed by atoms with van der Waals surface area (Å²) >= 11 is 0. The Morgan fingerprint density at radius 1 is 1.24 bits per heavy atom. The van der Waals surface area contributed by atoms with Gasteiger partial charge in [-0.25, -0.2) is 0 Å². The molecule has 0 saturated carbocycles. The van der Waals surface area contributed by atoms with Crippen LogP contribution < -0.4 is 5.32 Å². The van der Waals surface area contributed by atoms with E-state index in [0.29, 0.717) is 23.4 Å². The summed E-state index contributed by atoms with van der Waals surface area (Å²) in [5.41, 5.74) is 1.63. The number of nitrogens with one attached hydrogen (secondary N) is 1. The smallest absolute Gasteiger partial charge is 0.312 e. The lowest BCUT2D eigenvalue weighted by Crippen LogP contribution is -2.14. The first-order valence-electron chi connectivity index (χ1n) is 7.95. The number of carbonyl (C=O) groups is 2. The van der Waals surface area contributed by atoms with E-state index < -0.39 is 4.92 Å². The molecule has 1 aromatic heterocycles. The zero-order valence-electron chi connectivity index (χ0n) is 14.4. The van der Waals surface area contributed by atoms with Gasteiger partial charge in [0.15, 0.2) is 5.78 Å². The molecule has 8 nitrogen and oxygen atoms in total. The van der Waals surface area contributed by atoms with Gasteiger partial charge in [-0.3, -0.25) is 24.4 Å². The van der Waals surface area contributed by atoms with E-state index in [0.717, 1.165) is 6.42 Å². The fourth-order valence-corrected chi connectivity index (χ4v) is 2.52. The zero-order chi connectivity index (χ0) is 18.6. The van der Waals surface area contributed by atoms with Crippen LogP contribution in [0.3, 0.4) is 0 Å². The van der Waals surface area contributed by atoms with Crippen LogP contribution in [0, 0.1) is 24.0 Å². The Kier molecular flexibility index (Phi) is 5.63. The minimum atomic E-state index is -0.494. The third-order valence-electron chi connectivity index (χ3n) is 3.79. The van der Waals surface area contributed by atoms with E-state index in [2.05, 4.69) is 10.4 Å². The van der Waals surface area contributed by atoms with Crippen molar-refractivity contribution in [3.63, 3.8) is 0 Å². The number of ketones is 1. The lowest BCUT2D eigenvalue weighted by atomic mass is 10.1. The maximum atomic E-state index is 12.4. The molecule has 0 atom stereocenters. The van der Waals surface area contributed by atoms with Crippen molar-refractivity contribution in [2.45, 2.75) is 40.2 Å². The number of nitro groups is 1. The van der Waals surface area contributed by atoms with Crippen molar-refractivity contribution in [1.29, 1.82) is 0 Å². The number of anilines is 1. The van der Waals surface area contributed by atoms with Crippen molar-refractivity contribution in [2.75, 3.05) is 5.32 Å². The molecule has 1 aromatic carbocycles. The third kappa shape index (κ3) is 4.28. The number of aromatic nitrogens is 2. The second-order valence-corrected chi connectivity index (χ2v) is 5.73. The molecule has 2 rings (SSSR count). The highest BCUT2D eigenvalue weighted by molar-refractivity contribution is 5.97. The van der Waals surface area contributed by atoms with Crippen LogP contribution in [0.1, 0.15) is 41.5 Å². The molecule has 2 aromatic rings. The van der Waals surface area contributed by atoms with Crippen LogP contribution in [0.25, 0.3) is 0 Å². The molecule has 0 aliphatic carbocycles. The van der Waals surface area contributed by atoms with E-state index >= 15 is 0 Å². The zero-order valence-corrected chi connectivity index (χ0v) is 14.4. The monoisotopic (exact) mass is 344 g/mol. The van der Waals surface area contributed by atoms with Gasteiger partial charge in [0.05, 0.1) is 4.92 Å². The first-order chi connectivity index (χ1) is 11.8. The average molecular weight is 344 g/mol. The predicted octanol–water partition coefficient (Wildman–Crippen LogP) is 3.03. The lowest BCUT2D eigenvalue weighted by molar-refractivity contribution is -0.386. The Bertz CT molecular complexity index is 809. The van der Waals surface area contributed by atoms with Crippen LogP contribution in [0.2, 0.25) is 0 Å². The highest BCUT2D eigenvalue weighted by Gasteiger charge is 2.23. The number of rotatable bonds is 7. The fraction of sp³-hybridized carbons (Fsp3) is 0.353.